The van der Waals surface area contributed by atoms with Crippen LogP contribution in [0.5, 0.6) is 0 Å². The standard InChI is InChI=1S/C10H16N2OS/c1-3-4-7(2)12-10(13)9-8(11)5-6-14-9/h5-7H,3-4,11H2,1-2H3,(H,12,13). The second kappa shape index (κ2) is 5.00. The van der Waals surface area contributed by atoms with Crippen molar-refractivity contribution in [1.29, 1.82) is 0 Å². The van der Waals surface area contributed by atoms with E-state index in [9.17, 15) is 4.79 Å². The smallest absolute Gasteiger partial charge is 0.263 e. The van der Waals surface area contributed by atoms with Gasteiger partial charge in [0.05, 0.1) is 5.69 Å². The first-order chi connectivity index (χ1) is 6.65. The highest BCUT2D eigenvalue weighted by Gasteiger charge is 2.12. The maximum Gasteiger partial charge on any atom is 0.263 e. The predicted molar refractivity (Wildman–Crippen MR) is 60.6 cm³/mol. The van der Waals surface area contributed by atoms with Crippen molar-refractivity contribution in [2.24, 2.45) is 0 Å². The van der Waals surface area contributed by atoms with E-state index in [2.05, 4.69) is 12.2 Å². The number of amides is 1. The number of nitrogens with two attached hydrogens (primary N) is 1. The van der Waals surface area contributed by atoms with Gasteiger partial charge in [0, 0.05) is 6.04 Å². The zero-order valence-electron chi connectivity index (χ0n) is 8.54. The molecule has 1 amide bonds. The van der Waals surface area contributed by atoms with Crippen molar-refractivity contribution in [3.63, 3.8) is 0 Å². The molecule has 4 heteroatoms. The summed E-state index contributed by atoms with van der Waals surface area (Å²) >= 11 is 1.38. The summed E-state index contributed by atoms with van der Waals surface area (Å²) in [5.41, 5.74) is 6.21. The summed E-state index contributed by atoms with van der Waals surface area (Å²) in [6.07, 6.45) is 2.07. The molecular formula is C10H16N2OS. The van der Waals surface area contributed by atoms with E-state index in [1.54, 1.807) is 6.07 Å². The van der Waals surface area contributed by atoms with E-state index in [1.807, 2.05) is 12.3 Å². The maximum atomic E-state index is 11.6. The van der Waals surface area contributed by atoms with Crippen molar-refractivity contribution < 1.29 is 4.79 Å². The van der Waals surface area contributed by atoms with Gasteiger partial charge in [0.25, 0.3) is 5.91 Å². The van der Waals surface area contributed by atoms with Gasteiger partial charge in [-0.1, -0.05) is 13.3 Å². The summed E-state index contributed by atoms with van der Waals surface area (Å²) in [6, 6.07) is 1.97. The van der Waals surface area contributed by atoms with Crippen LogP contribution in [0, 0.1) is 0 Å². The number of nitrogens with one attached hydrogen (secondary N) is 1. The lowest BCUT2D eigenvalue weighted by molar-refractivity contribution is 0.0943. The molecule has 3 nitrogen and oxygen atoms in total. The van der Waals surface area contributed by atoms with Crippen molar-refractivity contribution in [1.82, 2.24) is 5.32 Å². The number of rotatable bonds is 4. The zero-order valence-corrected chi connectivity index (χ0v) is 9.36. The molecule has 1 atom stereocenters. The highest BCUT2D eigenvalue weighted by molar-refractivity contribution is 7.12. The Morgan fingerprint density at radius 3 is 2.93 bits per heavy atom. The summed E-state index contributed by atoms with van der Waals surface area (Å²) in [5, 5.41) is 4.74. The van der Waals surface area contributed by atoms with Gasteiger partial charge in [-0.3, -0.25) is 4.79 Å². The first-order valence-electron chi connectivity index (χ1n) is 4.79. The van der Waals surface area contributed by atoms with E-state index >= 15 is 0 Å². The Kier molecular flexibility index (Phi) is 3.95. The topological polar surface area (TPSA) is 55.1 Å². The molecule has 0 spiro atoms. The highest BCUT2D eigenvalue weighted by atomic mass is 32.1. The van der Waals surface area contributed by atoms with Crippen LogP contribution in [0.4, 0.5) is 5.69 Å². The Bertz CT molecular complexity index is 309. The lowest BCUT2D eigenvalue weighted by Crippen LogP contribution is -2.32. The Hall–Kier alpha value is -1.03. The Labute approximate surface area is 88.3 Å². The third-order valence-electron chi connectivity index (χ3n) is 2.00. The Balaban J connectivity index is 2.55. The van der Waals surface area contributed by atoms with Crippen molar-refractivity contribution >= 4 is 22.9 Å². The van der Waals surface area contributed by atoms with Crippen molar-refractivity contribution in [3.8, 4) is 0 Å². The average Bonchev–Trinajstić information content (AvgIpc) is 2.51. The van der Waals surface area contributed by atoms with Crippen molar-refractivity contribution in [3.05, 3.63) is 16.3 Å². The number of nitrogen functional groups attached to an aromatic ring is 1. The van der Waals surface area contributed by atoms with E-state index in [-0.39, 0.29) is 11.9 Å². The van der Waals surface area contributed by atoms with Gasteiger partial charge in [0.15, 0.2) is 0 Å². The second-order valence-corrected chi connectivity index (χ2v) is 4.28. The first-order valence-corrected chi connectivity index (χ1v) is 5.67. The van der Waals surface area contributed by atoms with Gasteiger partial charge in [0.2, 0.25) is 0 Å². The summed E-state index contributed by atoms with van der Waals surface area (Å²) in [7, 11) is 0. The molecule has 78 valence electrons. The lowest BCUT2D eigenvalue weighted by atomic mass is 10.2. The monoisotopic (exact) mass is 212 g/mol. The molecule has 1 heterocycles. The molecule has 0 bridgehead atoms. The van der Waals surface area contributed by atoms with Crippen LogP contribution in [0.3, 0.4) is 0 Å². The third kappa shape index (κ3) is 2.73. The molecule has 14 heavy (non-hydrogen) atoms. The van der Waals surface area contributed by atoms with Gasteiger partial charge in [-0.2, -0.15) is 0 Å². The molecule has 0 aliphatic carbocycles. The second-order valence-electron chi connectivity index (χ2n) is 3.37. The molecule has 0 aliphatic heterocycles. The van der Waals surface area contributed by atoms with E-state index in [4.69, 9.17) is 5.73 Å². The molecule has 3 N–H and O–H groups in total. The van der Waals surface area contributed by atoms with Crippen LogP contribution in [-0.4, -0.2) is 11.9 Å². The van der Waals surface area contributed by atoms with Crippen LogP contribution in [0.15, 0.2) is 11.4 Å². The van der Waals surface area contributed by atoms with Gasteiger partial charge in [0.1, 0.15) is 4.88 Å². The molecule has 0 saturated carbocycles. The largest absolute Gasteiger partial charge is 0.397 e. The van der Waals surface area contributed by atoms with E-state index in [1.165, 1.54) is 11.3 Å². The fourth-order valence-electron chi connectivity index (χ4n) is 1.30. The molecule has 1 aromatic heterocycles. The van der Waals surface area contributed by atoms with Crippen LogP contribution in [0.25, 0.3) is 0 Å². The highest BCUT2D eigenvalue weighted by Crippen LogP contribution is 2.18. The normalized spacial score (nSPS) is 12.4. The van der Waals surface area contributed by atoms with Crippen LogP contribution in [0.2, 0.25) is 0 Å². The number of anilines is 1. The van der Waals surface area contributed by atoms with E-state index in [0.717, 1.165) is 12.8 Å². The van der Waals surface area contributed by atoms with E-state index < -0.39 is 0 Å². The van der Waals surface area contributed by atoms with Gasteiger partial charge >= 0.3 is 0 Å². The number of hydrogen-bond donors (Lipinski definition) is 2. The summed E-state index contributed by atoms with van der Waals surface area (Å²) in [4.78, 5) is 12.2. The predicted octanol–water partition coefficient (Wildman–Crippen LogP) is 2.25. The quantitative estimate of drug-likeness (QED) is 0.804. The average molecular weight is 212 g/mol. The van der Waals surface area contributed by atoms with Crippen molar-refractivity contribution in [2.45, 2.75) is 32.7 Å². The molecule has 0 saturated heterocycles. The molecule has 1 aromatic rings. The number of hydrogen-bond acceptors (Lipinski definition) is 3. The van der Waals surface area contributed by atoms with Gasteiger partial charge < -0.3 is 11.1 Å². The first kappa shape index (κ1) is 11.0. The molecule has 0 aromatic carbocycles. The summed E-state index contributed by atoms with van der Waals surface area (Å²) in [6.45, 7) is 4.10. The fraction of sp³-hybridized carbons (Fsp3) is 0.500. The lowest BCUT2D eigenvalue weighted by Gasteiger charge is -2.11. The molecule has 1 unspecified atom stereocenters. The van der Waals surface area contributed by atoms with Gasteiger partial charge in [-0.15, -0.1) is 11.3 Å². The minimum Gasteiger partial charge on any atom is -0.397 e. The Morgan fingerprint density at radius 2 is 2.43 bits per heavy atom. The fourth-order valence-corrected chi connectivity index (χ4v) is 2.02. The van der Waals surface area contributed by atoms with Gasteiger partial charge in [-0.05, 0) is 24.8 Å². The summed E-state index contributed by atoms with van der Waals surface area (Å²) < 4.78 is 0. The van der Waals surface area contributed by atoms with E-state index in [0.29, 0.717) is 10.6 Å². The SMILES string of the molecule is CCCC(C)NC(=O)c1sccc1N. The molecular weight excluding hydrogens is 196 g/mol. The van der Waals surface area contributed by atoms with Crippen molar-refractivity contribution in [2.75, 3.05) is 5.73 Å². The maximum absolute atomic E-state index is 11.6. The zero-order chi connectivity index (χ0) is 10.6. The van der Waals surface area contributed by atoms with Crippen LogP contribution in [-0.2, 0) is 0 Å². The number of carbonyl (C=O) groups excluding carboxylic acids is 1. The van der Waals surface area contributed by atoms with Crippen LogP contribution in [0.1, 0.15) is 36.4 Å². The summed E-state index contributed by atoms with van der Waals surface area (Å²) in [5.74, 6) is -0.0570. The third-order valence-corrected chi connectivity index (χ3v) is 2.93. The minimum atomic E-state index is -0.0570. The van der Waals surface area contributed by atoms with Crippen LogP contribution >= 0.6 is 11.3 Å². The van der Waals surface area contributed by atoms with Crippen LogP contribution < -0.4 is 11.1 Å². The number of carbonyl (C=O) groups is 1. The molecule has 0 fully saturated rings. The molecule has 0 aliphatic rings. The van der Waals surface area contributed by atoms with Gasteiger partial charge in [-0.25, -0.2) is 0 Å². The number of thiophene rings is 1. The minimum absolute atomic E-state index is 0.0570. The molecule has 0 radical (unpaired) electrons. The Morgan fingerprint density at radius 1 is 1.71 bits per heavy atom. The molecule has 1 rings (SSSR count).